The Morgan fingerprint density at radius 1 is 1.45 bits per heavy atom. The molecule has 0 heterocycles. The summed E-state index contributed by atoms with van der Waals surface area (Å²) in [6.45, 7) is 6.40. The van der Waals surface area contributed by atoms with Gasteiger partial charge in [0.2, 0.25) is 5.83 Å². The molecule has 0 radical (unpaired) electrons. The molecule has 0 aromatic carbocycles. The molecule has 1 aliphatic rings. The maximum absolute atomic E-state index is 13.2. The van der Waals surface area contributed by atoms with Crippen LogP contribution in [0.3, 0.4) is 0 Å². The zero-order chi connectivity index (χ0) is 15.7. The zero-order valence-corrected chi connectivity index (χ0v) is 12.0. The first-order chi connectivity index (χ1) is 9.01. The number of halogens is 1. The molecule has 0 amide bonds. The van der Waals surface area contributed by atoms with Crippen molar-refractivity contribution in [2.24, 2.45) is 5.41 Å². The molecule has 1 aliphatic carbocycles. The molecular weight excluding hydrogens is 263 g/mol. The van der Waals surface area contributed by atoms with Crippen molar-refractivity contribution in [2.75, 3.05) is 0 Å². The monoisotopic (exact) mass is 282 g/mol. The molecule has 0 spiro atoms. The highest BCUT2D eigenvalue weighted by atomic mass is 19.1. The van der Waals surface area contributed by atoms with Gasteiger partial charge in [0.25, 0.3) is 0 Å². The van der Waals surface area contributed by atoms with Gasteiger partial charge < -0.3 is 10.2 Å². The summed E-state index contributed by atoms with van der Waals surface area (Å²) >= 11 is 0. The van der Waals surface area contributed by atoms with Crippen LogP contribution in [0.4, 0.5) is 4.39 Å². The van der Waals surface area contributed by atoms with Crippen LogP contribution in [-0.4, -0.2) is 27.6 Å². The van der Waals surface area contributed by atoms with Crippen LogP contribution in [0.15, 0.2) is 35.2 Å². The number of allylic oxidation sites excluding steroid dienone is 3. The van der Waals surface area contributed by atoms with Crippen molar-refractivity contribution in [2.45, 2.75) is 39.7 Å². The lowest BCUT2D eigenvalue weighted by molar-refractivity contribution is -0.134. The van der Waals surface area contributed by atoms with Gasteiger partial charge in [-0.05, 0) is 37.1 Å². The number of carbonyl (C=O) groups excluding carboxylic acids is 1. The quantitative estimate of drug-likeness (QED) is 0.616. The SMILES string of the molecule is CC1=CC(=O)CC(C)(C)C1(O)/C=C/C(C)=C(F)C(=O)O. The van der Waals surface area contributed by atoms with Gasteiger partial charge in [-0.3, -0.25) is 4.79 Å². The largest absolute Gasteiger partial charge is 0.476 e. The first kappa shape index (κ1) is 16.3. The summed E-state index contributed by atoms with van der Waals surface area (Å²) in [6.07, 6.45) is 4.11. The zero-order valence-electron chi connectivity index (χ0n) is 12.0. The molecule has 4 nitrogen and oxygen atoms in total. The molecule has 1 rings (SSSR count). The van der Waals surface area contributed by atoms with E-state index in [-0.39, 0.29) is 17.8 Å². The third-order valence-corrected chi connectivity index (χ3v) is 3.74. The molecule has 2 N–H and O–H groups in total. The highest BCUT2D eigenvalue weighted by Gasteiger charge is 2.46. The smallest absolute Gasteiger partial charge is 0.365 e. The van der Waals surface area contributed by atoms with E-state index in [2.05, 4.69) is 0 Å². The van der Waals surface area contributed by atoms with E-state index in [1.807, 2.05) is 0 Å². The van der Waals surface area contributed by atoms with Gasteiger partial charge in [0.15, 0.2) is 5.78 Å². The Morgan fingerprint density at radius 2 is 2.00 bits per heavy atom. The van der Waals surface area contributed by atoms with E-state index in [0.29, 0.717) is 5.57 Å². The van der Waals surface area contributed by atoms with Crippen LogP contribution in [-0.2, 0) is 9.59 Å². The van der Waals surface area contributed by atoms with Gasteiger partial charge in [0.1, 0.15) is 5.60 Å². The number of hydrogen-bond donors (Lipinski definition) is 2. The van der Waals surface area contributed by atoms with Crippen LogP contribution >= 0.6 is 0 Å². The summed E-state index contributed by atoms with van der Waals surface area (Å²) in [7, 11) is 0. The average Bonchev–Trinajstić information content (AvgIpc) is 2.31. The predicted molar refractivity (Wildman–Crippen MR) is 72.7 cm³/mol. The lowest BCUT2D eigenvalue weighted by atomic mass is 9.64. The van der Waals surface area contributed by atoms with Gasteiger partial charge in [-0.15, -0.1) is 0 Å². The maximum Gasteiger partial charge on any atom is 0.365 e. The number of hydrogen-bond acceptors (Lipinski definition) is 3. The fourth-order valence-corrected chi connectivity index (χ4v) is 2.35. The van der Waals surface area contributed by atoms with Gasteiger partial charge in [-0.1, -0.05) is 19.9 Å². The average molecular weight is 282 g/mol. The Balaban J connectivity index is 3.23. The van der Waals surface area contributed by atoms with Crippen LogP contribution in [0.25, 0.3) is 0 Å². The molecule has 0 saturated carbocycles. The van der Waals surface area contributed by atoms with Crippen molar-refractivity contribution >= 4 is 11.8 Å². The highest BCUT2D eigenvalue weighted by molar-refractivity contribution is 5.92. The van der Waals surface area contributed by atoms with E-state index in [1.54, 1.807) is 20.8 Å². The minimum Gasteiger partial charge on any atom is -0.476 e. The molecule has 0 aliphatic heterocycles. The minimum absolute atomic E-state index is 0.0745. The molecule has 110 valence electrons. The Morgan fingerprint density at radius 3 is 2.45 bits per heavy atom. The number of carboxylic acid groups (broad SMARTS) is 1. The van der Waals surface area contributed by atoms with E-state index in [0.717, 1.165) is 0 Å². The molecule has 20 heavy (non-hydrogen) atoms. The number of rotatable bonds is 3. The molecule has 0 bridgehead atoms. The highest BCUT2D eigenvalue weighted by Crippen LogP contribution is 2.44. The molecule has 1 unspecified atom stereocenters. The van der Waals surface area contributed by atoms with Crippen molar-refractivity contribution < 1.29 is 24.2 Å². The predicted octanol–water partition coefficient (Wildman–Crippen LogP) is 2.55. The molecule has 0 aromatic heterocycles. The molecular formula is C15H19FO4. The summed E-state index contributed by atoms with van der Waals surface area (Å²) in [6, 6.07) is 0. The van der Waals surface area contributed by atoms with Gasteiger partial charge in [-0.25, -0.2) is 4.79 Å². The Hall–Kier alpha value is -1.75. The second-order valence-electron chi connectivity index (χ2n) is 5.76. The lowest BCUT2D eigenvalue weighted by Gasteiger charge is -2.43. The first-order valence-electron chi connectivity index (χ1n) is 6.24. The van der Waals surface area contributed by atoms with Crippen molar-refractivity contribution in [3.63, 3.8) is 0 Å². The van der Waals surface area contributed by atoms with Gasteiger partial charge in [0, 0.05) is 11.8 Å². The maximum atomic E-state index is 13.2. The van der Waals surface area contributed by atoms with E-state index >= 15 is 0 Å². The van der Waals surface area contributed by atoms with Crippen LogP contribution in [0.1, 0.15) is 34.1 Å². The number of aliphatic carboxylic acids is 1. The number of carbonyl (C=O) groups is 2. The van der Waals surface area contributed by atoms with E-state index in [4.69, 9.17) is 5.11 Å². The molecule has 1 atom stereocenters. The summed E-state index contributed by atoms with van der Waals surface area (Å²) < 4.78 is 13.2. The Bertz CT molecular complexity index is 540. The summed E-state index contributed by atoms with van der Waals surface area (Å²) in [5.41, 5.74) is -1.80. The molecule has 0 saturated heterocycles. The van der Waals surface area contributed by atoms with Crippen LogP contribution < -0.4 is 0 Å². The van der Waals surface area contributed by atoms with E-state index < -0.39 is 22.8 Å². The molecule has 5 heteroatoms. The summed E-state index contributed by atoms with van der Waals surface area (Å²) in [4.78, 5) is 22.1. The van der Waals surface area contributed by atoms with Crippen molar-refractivity contribution in [1.82, 2.24) is 0 Å². The Labute approximate surface area is 117 Å². The Kier molecular flexibility index (Phi) is 4.34. The van der Waals surface area contributed by atoms with E-state index in [1.165, 1.54) is 25.2 Å². The van der Waals surface area contributed by atoms with Crippen LogP contribution in [0.2, 0.25) is 0 Å². The second-order valence-corrected chi connectivity index (χ2v) is 5.76. The third kappa shape index (κ3) is 2.88. The topological polar surface area (TPSA) is 74.6 Å². The van der Waals surface area contributed by atoms with Gasteiger partial charge in [0.05, 0.1) is 0 Å². The summed E-state index contributed by atoms with van der Waals surface area (Å²) in [5.74, 6) is -2.99. The number of ketones is 1. The fraction of sp³-hybridized carbons (Fsp3) is 0.467. The van der Waals surface area contributed by atoms with Crippen LogP contribution in [0, 0.1) is 5.41 Å². The third-order valence-electron chi connectivity index (χ3n) is 3.74. The number of aliphatic hydroxyl groups is 1. The fourth-order valence-electron chi connectivity index (χ4n) is 2.35. The molecule has 0 fully saturated rings. The van der Waals surface area contributed by atoms with E-state index in [9.17, 15) is 19.1 Å². The first-order valence-corrected chi connectivity index (χ1v) is 6.24. The van der Waals surface area contributed by atoms with Crippen molar-refractivity contribution in [3.05, 3.63) is 35.2 Å². The lowest BCUT2D eigenvalue weighted by Crippen LogP contribution is -2.48. The van der Waals surface area contributed by atoms with Gasteiger partial charge in [-0.2, -0.15) is 4.39 Å². The normalized spacial score (nSPS) is 27.3. The van der Waals surface area contributed by atoms with Gasteiger partial charge >= 0.3 is 5.97 Å². The van der Waals surface area contributed by atoms with Crippen molar-refractivity contribution in [1.29, 1.82) is 0 Å². The number of carboxylic acids is 1. The standard InChI is InChI=1S/C15H19FO4/c1-9(12(16)13(18)19)5-6-15(20)10(2)7-11(17)8-14(15,3)4/h5-7,20H,8H2,1-4H3,(H,18,19)/b6-5+,12-9?. The second kappa shape index (κ2) is 5.32. The van der Waals surface area contributed by atoms with Crippen LogP contribution in [0.5, 0.6) is 0 Å². The minimum atomic E-state index is -1.65. The molecule has 0 aromatic rings. The summed E-state index contributed by atoms with van der Waals surface area (Å²) in [5, 5.41) is 19.3. The van der Waals surface area contributed by atoms with Crippen molar-refractivity contribution in [3.8, 4) is 0 Å².